The van der Waals surface area contributed by atoms with E-state index in [0.29, 0.717) is 27.1 Å². The van der Waals surface area contributed by atoms with Gasteiger partial charge in [0.1, 0.15) is 10.6 Å². The van der Waals surface area contributed by atoms with Crippen molar-refractivity contribution in [2.75, 3.05) is 12.4 Å². The average molecular weight is 525 g/mol. The first kappa shape index (κ1) is 24.6. The fourth-order valence-corrected chi connectivity index (χ4v) is 4.65. The van der Waals surface area contributed by atoms with E-state index >= 15 is 0 Å². The molecule has 10 nitrogen and oxygen atoms in total. The lowest BCUT2D eigenvalue weighted by Crippen LogP contribution is -2.41. The summed E-state index contributed by atoms with van der Waals surface area (Å²) < 4.78 is 5.56. The fraction of sp³-hybridized carbons (Fsp3) is 0.0417. The summed E-state index contributed by atoms with van der Waals surface area (Å²) in [7, 11) is 1.51. The van der Waals surface area contributed by atoms with Crippen LogP contribution in [0.5, 0.6) is 5.75 Å². The molecule has 0 aliphatic rings. The quantitative estimate of drug-likeness (QED) is 0.244. The SMILES string of the molecule is COc1ccc(C(=O)NNC(=O)c2ccc(NC(=O)c3sc4cc([N+](=O)[O-])ccc4c3Cl)cc2)cc1. The lowest BCUT2D eigenvalue weighted by atomic mass is 10.2. The van der Waals surface area contributed by atoms with Gasteiger partial charge in [-0.15, -0.1) is 11.3 Å². The van der Waals surface area contributed by atoms with Gasteiger partial charge in [0.2, 0.25) is 0 Å². The second-order valence-corrected chi connectivity index (χ2v) is 8.78. The molecule has 1 heterocycles. The van der Waals surface area contributed by atoms with Gasteiger partial charge in [0.25, 0.3) is 23.4 Å². The highest BCUT2D eigenvalue weighted by molar-refractivity contribution is 7.21. The normalized spacial score (nSPS) is 10.5. The first-order valence-electron chi connectivity index (χ1n) is 10.3. The molecule has 0 spiro atoms. The minimum atomic E-state index is -0.552. The van der Waals surface area contributed by atoms with Gasteiger partial charge in [0.15, 0.2) is 0 Å². The van der Waals surface area contributed by atoms with Crippen LogP contribution in [0.4, 0.5) is 11.4 Å². The molecule has 0 atom stereocenters. The number of carbonyl (C=O) groups is 3. The van der Waals surface area contributed by atoms with Crippen LogP contribution in [0, 0.1) is 10.1 Å². The molecule has 0 radical (unpaired) electrons. The second kappa shape index (κ2) is 10.4. The zero-order valence-electron chi connectivity index (χ0n) is 18.5. The Bertz CT molecular complexity index is 1490. The van der Waals surface area contributed by atoms with Crippen LogP contribution < -0.4 is 20.9 Å². The highest BCUT2D eigenvalue weighted by atomic mass is 35.5. The average Bonchev–Trinajstić information content (AvgIpc) is 3.23. The number of nitrogens with zero attached hydrogens (tertiary/aromatic N) is 1. The van der Waals surface area contributed by atoms with Gasteiger partial charge < -0.3 is 10.1 Å². The minimum Gasteiger partial charge on any atom is -0.497 e. The van der Waals surface area contributed by atoms with E-state index in [0.717, 1.165) is 11.3 Å². The molecule has 182 valence electrons. The summed E-state index contributed by atoms with van der Waals surface area (Å²) in [6.45, 7) is 0. The van der Waals surface area contributed by atoms with E-state index in [9.17, 15) is 24.5 Å². The molecule has 0 aliphatic heterocycles. The first-order valence-corrected chi connectivity index (χ1v) is 11.5. The van der Waals surface area contributed by atoms with E-state index in [1.54, 1.807) is 24.3 Å². The molecule has 0 fully saturated rings. The number of nitro groups is 1. The molecule has 0 bridgehead atoms. The highest BCUT2D eigenvalue weighted by Crippen LogP contribution is 2.37. The molecular formula is C24H17ClN4O6S. The van der Waals surface area contributed by atoms with Gasteiger partial charge in [-0.3, -0.25) is 35.3 Å². The Morgan fingerprint density at radius 2 is 1.47 bits per heavy atom. The van der Waals surface area contributed by atoms with Gasteiger partial charge in [-0.05, 0) is 54.6 Å². The van der Waals surface area contributed by atoms with Gasteiger partial charge in [0.05, 0.1) is 17.1 Å². The Labute approximate surface area is 213 Å². The van der Waals surface area contributed by atoms with Gasteiger partial charge in [-0.25, -0.2) is 0 Å². The van der Waals surface area contributed by atoms with Crippen molar-refractivity contribution in [1.29, 1.82) is 0 Å². The molecule has 1 aromatic heterocycles. The Kier molecular flexibility index (Phi) is 7.13. The van der Waals surface area contributed by atoms with E-state index in [1.165, 1.54) is 49.6 Å². The van der Waals surface area contributed by atoms with Crippen LogP contribution in [0.25, 0.3) is 10.1 Å². The number of nitro benzene ring substituents is 1. The predicted octanol–water partition coefficient (Wildman–Crippen LogP) is 4.80. The van der Waals surface area contributed by atoms with Crippen molar-refractivity contribution in [3.63, 3.8) is 0 Å². The molecule has 0 unspecified atom stereocenters. The number of non-ortho nitro benzene ring substituents is 1. The number of nitrogens with one attached hydrogen (secondary N) is 3. The summed E-state index contributed by atoms with van der Waals surface area (Å²) in [4.78, 5) is 48.0. The van der Waals surface area contributed by atoms with E-state index in [1.807, 2.05) is 0 Å². The van der Waals surface area contributed by atoms with Gasteiger partial charge in [-0.1, -0.05) is 11.6 Å². The number of hydrogen-bond donors (Lipinski definition) is 3. The summed E-state index contributed by atoms with van der Waals surface area (Å²) in [5.41, 5.74) is 5.54. The molecular weight excluding hydrogens is 508 g/mol. The number of rotatable bonds is 6. The number of hydrogen-bond acceptors (Lipinski definition) is 7. The number of hydrazine groups is 1. The third-order valence-electron chi connectivity index (χ3n) is 5.08. The maximum absolute atomic E-state index is 12.7. The lowest BCUT2D eigenvalue weighted by molar-refractivity contribution is -0.384. The maximum Gasteiger partial charge on any atom is 0.270 e. The van der Waals surface area contributed by atoms with Crippen LogP contribution in [0.1, 0.15) is 30.4 Å². The zero-order valence-corrected chi connectivity index (χ0v) is 20.1. The maximum atomic E-state index is 12.7. The number of benzene rings is 3. The minimum absolute atomic E-state index is 0.0959. The predicted molar refractivity (Wildman–Crippen MR) is 136 cm³/mol. The lowest BCUT2D eigenvalue weighted by Gasteiger charge is -2.09. The van der Waals surface area contributed by atoms with Crippen molar-refractivity contribution in [3.8, 4) is 5.75 Å². The second-order valence-electron chi connectivity index (χ2n) is 7.35. The van der Waals surface area contributed by atoms with Crippen molar-refractivity contribution in [1.82, 2.24) is 10.9 Å². The van der Waals surface area contributed by atoms with Crippen LogP contribution in [0.15, 0.2) is 66.7 Å². The third-order valence-corrected chi connectivity index (χ3v) is 6.73. The molecule has 4 rings (SSSR count). The monoisotopic (exact) mass is 524 g/mol. The van der Waals surface area contributed by atoms with Crippen molar-refractivity contribution in [2.24, 2.45) is 0 Å². The van der Waals surface area contributed by atoms with Crippen LogP contribution in [-0.4, -0.2) is 29.8 Å². The first-order chi connectivity index (χ1) is 17.3. The van der Waals surface area contributed by atoms with Crippen molar-refractivity contribution in [3.05, 3.63) is 97.9 Å². The number of amides is 3. The summed E-state index contributed by atoms with van der Waals surface area (Å²) in [5.74, 6) is -0.946. The van der Waals surface area contributed by atoms with Crippen LogP contribution in [0.2, 0.25) is 5.02 Å². The third kappa shape index (κ3) is 5.27. The Morgan fingerprint density at radius 3 is 2.03 bits per heavy atom. The molecule has 12 heteroatoms. The van der Waals surface area contributed by atoms with Crippen molar-refractivity contribution >= 4 is 62.1 Å². The van der Waals surface area contributed by atoms with Gasteiger partial charge in [-0.2, -0.15) is 0 Å². The summed E-state index contributed by atoms with van der Waals surface area (Å²) in [6, 6.07) is 16.5. The molecule has 3 N–H and O–H groups in total. The Hall–Kier alpha value is -4.48. The van der Waals surface area contributed by atoms with Crippen molar-refractivity contribution in [2.45, 2.75) is 0 Å². The number of halogens is 1. The highest BCUT2D eigenvalue weighted by Gasteiger charge is 2.19. The molecule has 4 aromatic rings. The molecule has 36 heavy (non-hydrogen) atoms. The zero-order chi connectivity index (χ0) is 25.8. The molecule has 3 aromatic carbocycles. The van der Waals surface area contributed by atoms with Crippen molar-refractivity contribution < 1.29 is 24.0 Å². The van der Waals surface area contributed by atoms with Gasteiger partial charge in [0, 0.05) is 39.0 Å². The van der Waals surface area contributed by atoms with Crippen LogP contribution in [0.3, 0.4) is 0 Å². The fourth-order valence-electron chi connectivity index (χ4n) is 3.21. The van der Waals surface area contributed by atoms with E-state index in [4.69, 9.17) is 16.3 Å². The van der Waals surface area contributed by atoms with E-state index in [2.05, 4.69) is 16.2 Å². The number of anilines is 1. The summed E-state index contributed by atoms with van der Waals surface area (Å²) in [5, 5.41) is 14.4. The number of ether oxygens (including phenoxy) is 1. The Balaban J connectivity index is 1.38. The number of methoxy groups -OCH3 is 1. The number of thiophene rings is 1. The van der Waals surface area contributed by atoms with Crippen LogP contribution in [-0.2, 0) is 0 Å². The topological polar surface area (TPSA) is 140 Å². The van der Waals surface area contributed by atoms with E-state index < -0.39 is 22.6 Å². The molecule has 0 saturated carbocycles. The molecule has 0 saturated heterocycles. The summed E-state index contributed by atoms with van der Waals surface area (Å²) in [6.07, 6.45) is 0. The number of fused-ring (bicyclic) bond motifs is 1. The summed E-state index contributed by atoms with van der Waals surface area (Å²) >= 11 is 7.36. The van der Waals surface area contributed by atoms with E-state index in [-0.39, 0.29) is 21.2 Å². The van der Waals surface area contributed by atoms with Crippen LogP contribution >= 0.6 is 22.9 Å². The number of carbonyl (C=O) groups excluding carboxylic acids is 3. The smallest absolute Gasteiger partial charge is 0.270 e. The largest absolute Gasteiger partial charge is 0.497 e. The van der Waals surface area contributed by atoms with Gasteiger partial charge >= 0.3 is 0 Å². The molecule has 0 aliphatic carbocycles. The standard InChI is InChI=1S/C24H17ClN4O6S/c1-35-17-9-4-14(5-10-17)23(31)28-27-22(30)13-2-6-15(7-3-13)26-24(32)21-20(25)18-11-8-16(29(33)34)12-19(18)36-21/h2-12H,1H3,(H,26,32)(H,27,30)(H,28,31). The Morgan fingerprint density at radius 1 is 0.889 bits per heavy atom. The molecule has 3 amide bonds.